The second-order valence-electron chi connectivity index (χ2n) is 7.21. The SMILES string of the molecule is O=C(NC1CC2(CCCC2)Oc2ccccc21)c1cccn2ncnc12. The predicted molar refractivity (Wildman–Crippen MR) is 96.1 cm³/mol. The number of nitrogens with zero attached hydrogens (tertiary/aromatic N) is 3. The monoisotopic (exact) mass is 348 g/mol. The molecular weight excluding hydrogens is 328 g/mol. The molecule has 3 heterocycles. The number of para-hydroxylation sites is 1. The molecule has 1 atom stereocenters. The number of amides is 1. The molecule has 3 aromatic rings. The summed E-state index contributed by atoms with van der Waals surface area (Å²) < 4.78 is 7.99. The van der Waals surface area contributed by atoms with E-state index in [1.165, 1.54) is 19.2 Å². The van der Waals surface area contributed by atoms with Crippen molar-refractivity contribution in [2.75, 3.05) is 0 Å². The van der Waals surface area contributed by atoms with Crippen molar-refractivity contribution in [2.45, 2.75) is 43.7 Å². The van der Waals surface area contributed by atoms with Gasteiger partial charge in [0.25, 0.3) is 5.91 Å². The molecule has 2 aromatic heterocycles. The minimum absolute atomic E-state index is 0.0614. The van der Waals surface area contributed by atoms with Gasteiger partial charge in [-0.3, -0.25) is 4.79 Å². The maximum Gasteiger partial charge on any atom is 0.255 e. The van der Waals surface area contributed by atoms with Crippen LogP contribution in [0.1, 0.15) is 54.1 Å². The molecule has 1 aliphatic carbocycles. The summed E-state index contributed by atoms with van der Waals surface area (Å²) in [5, 5.41) is 7.33. The molecule has 1 unspecified atom stereocenters. The summed E-state index contributed by atoms with van der Waals surface area (Å²) >= 11 is 0. The van der Waals surface area contributed by atoms with Crippen LogP contribution in [0.15, 0.2) is 48.9 Å². The molecule has 5 rings (SSSR count). The van der Waals surface area contributed by atoms with Gasteiger partial charge in [-0.1, -0.05) is 18.2 Å². The maximum absolute atomic E-state index is 13.0. The highest BCUT2D eigenvalue weighted by Gasteiger charge is 2.43. The number of carbonyl (C=O) groups is 1. The third-order valence-corrected chi connectivity index (χ3v) is 5.57. The summed E-state index contributed by atoms with van der Waals surface area (Å²) in [6.45, 7) is 0. The van der Waals surface area contributed by atoms with Crippen LogP contribution >= 0.6 is 0 Å². The van der Waals surface area contributed by atoms with Crippen molar-refractivity contribution in [3.8, 4) is 5.75 Å². The van der Waals surface area contributed by atoms with Gasteiger partial charge in [0.15, 0.2) is 5.65 Å². The Kier molecular flexibility index (Phi) is 3.45. The van der Waals surface area contributed by atoms with Gasteiger partial charge >= 0.3 is 0 Å². The van der Waals surface area contributed by atoms with E-state index in [0.29, 0.717) is 11.2 Å². The van der Waals surface area contributed by atoms with Crippen molar-refractivity contribution in [3.63, 3.8) is 0 Å². The van der Waals surface area contributed by atoms with Crippen molar-refractivity contribution >= 4 is 11.6 Å². The highest BCUT2D eigenvalue weighted by atomic mass is 16.5. The standard InChI is InChI=1S/C20H20N4O2/c25-19(15-7-5-11-24-18(15)21-13-22-24)23-16-12-20(9-3-4-10-20)26-17-8-2-1-6-14(16)17/h1-2,5-8,11,13,16H,3-4,9-10,12H2,(H,23,25). The van der Waals surface area contributed by atoms with E-state index in [0.717, 1.165) is 30.6 Å². The number of hydrogen-bond acceptors (Lipinski definition) is 4. The van der Waals surface area contributed by atoms with Crippen LogP contribution in [0.3, 0.4) is 0 Å². The highest BCUT2D eigenvalue weighted by molar-refractivity contribution is 5.99. The van der Waals surface area contributed by atoms with Gasteiger partial charge < -0.3 is 10.1 Å². The molecule has 1 aromatic carbocycles. The number of fused-ring (bicyclic) bond motifs is 2. The van der Waals surface area contributed by atoms with Crippen LogP contribution in [0.25, 0.3) is 5.65 Å². The first-order valence-electron chi connectivity index (χ1n) is 9.11. The fourth-order valence-electron chi connectivity index (χ4n) is 4.33. The molecule has 0 saturated heterocycles. The first-order valence-corrected chi connectivity index (χ1v) is 9.11. The van der Waals surface area contributed by atoms with E-state index in [9.17, 15) is 4.79 Å². The molecule has 1 fully saturated rings. The first-order chi connectivity index (χ1) is 12.7. The average molecular weight is 348 g/mol. The molecule has 1 aliphatic heterocycles. The maximum atomic E-state index is 13.0. The van der Waals surface area contributed by atoms with E-state index in [1.807, 2.05) is 30.3 Å². The fraction of sp³-hybridized carbons (Fsp3) is 0.350. The first kappa shape index (κ1) is 15.4. The molecular formula is C20H20N4O2. The van der Waals surface area contributed by atoms with E-state index in [4.69, 9.17) is 4.74 Å². The van der Waals surface area contributed by atoms with Gasteiger partial charge in [0, 0.05) is 18.2 Å². The summed E-state index contributed by atoms with van der Waals surface area (Å²) in [6.07, 6.45) is 8.52. The minimum atomic E-state index is -0.146. The molecule has 1 amide bonds. The van der Waals surface area contributed by atoms with E-state index in [-0.39, 0.29) is 17.6 Å². The summed E-state index contributed by atoms with van der Waals surface area (Å²) in [6, 6.07) is 11.6. The Balaban J connectivity index is 1.49. The molecule has 132 valence electrons. The Morgan fingerprint density at radius 2 is 2.04 bits per heavy atom. The zero-order chi connectivity index (χ0) is 17.6. The Hall–Kier alpha value is -2.89. The van der Waals surface area contributed by atoms with Gasteiger partial charge in [0.2, 0.25) is 0 Å². The lowest BCUT2D eigenvalue weighted by molar-refractivity contribution is 0.0361. The Labute approximate surface area is 151 Å². The summed E-state index contributed by atoms with van der Waals surface area (Å²) in [5.41, 5.74) is 2.01. The van der Waals surface area contributed by atoms with Crippen molar-refractivity contribution in [1.82, 2.24) is 19.9 Å². The summed E-state index contributed by atoms with van der Waals surface area (Å²) in [5.74, 6) is 0.769. The highest BCUT2D eigenvalue weighted by Crippen LogP contribution is 2.47. The van der Waals surface area contributed by atoms with Crippen LogP contribution in [-0.4, -0.2) is 26.1 Å². The Bertz CT molecular complexity index is 975. The van der Waals surface area contributed by atoms with Gasteiger partial charge in [0.05, 0.1) is 11.6 Å². The van der Waals surface area contributed by atoms with Gasteiger partial charge in [-0.25, -0.2) is 9.50 Å². The van der Waals surface area contributed by atoms with Crippen LogP contribution in [0.4, 0.5) is 0 Å². The van der Waals surface area contributed by atoms with Gasteiger partial charge in [-0.2, -0.15) is 5.10 Å². The number of hydrogen-bond donors (Lipinski definition) is 1. The number of pyridine rings is 1. The Morgan fingerprint density at radius 3 is 2.92 bits per heavy atom. The van der Waals surface area contributed by atoms with Crippen molar-refractivity contribution in [2.24, 2.45) is 0 Å². The molecule has 2 aliphatic rings. The largest absolute Gasteiger partial charge is 0.487 e. The predicted octanol–water partition coefficient (Wildman–Crippen LogP) is 3.30. The fourth-order valence-corrected chi connectivity index (χ4v) is 4.33. The van der Waals surface area contributed by atoms with Crippen LogP contribution in [-0.2, 0) is 0 Å². The van der Waals surface area contributed by atoms with Crippen molar-refractivity contribution in [3.05, 3.63) is 60.0 Å². The van der Waals surface area contributed by atoms with Crippen LogP contribution in [0, 0.1) is 0 Å². The Morgan fingerprint density at radius 1 is 1.19 bits per heavy atom. The van der Waals surface area contributed by atoms with Gasteiger partial charge in [0.1, 0.15) is 17.7 Å². The van der Waals surface area contributed by atoms with Crippen LogP contribution in [0.5, 0.6) is 5.75 Å². The van der Waals surface area contributed by atoms with E-state index < -0.39 is 0 Å². The van der Waals surface area contributed by atoms with Crippen molar-refractivity contribution in [1.29, 1.82) is 0 Å². The van der Waals surface area contributed by atoms with Gasteiger partial charge in [-0.15, -0.1) is 0 Å². The number of nitrogens with one attached hydrogen (secondary N) is 1. The number of carbonyl (C=O) groups excluding carboxylic acids is 1. The quantitative estimate of drug-likeness (QED) is 0.771. The second kappa shape index (κ2) is 5.83. The van der Waals surface area contributed by atoms with Crippen LogP contribution < -0.4 is 10.1 Å². The zero-order valence-electron chi connectivity index (χ0n) is 14.4. The number of ether oxygens (including phenoxy) is 1. The number of benzene rings is 1. The molecule has 6 nitrogen and oxygen atoms in total. The smallest absolute Gasteiger partial charge is 0.255 e. The molecule has 1 saturated carbocycles. The molecule has 0 radical (unpaired) electrons. The molecule has 26 heavy (non-hydrogen) atoms. The number of rotatable bonds is 2. The van der Waals surface area contributed by atoms with E-state index >= 15 is 0 Å². The molecule has 1 spiro atoms. The summed E-state index contributed by atoms with van der Waals surface area (Å²) in [7, 11) is 0. The third-order valence-electron chi connectivity index (χ3n) is 5.57. The van der Waals surface area contributed by atoms with Crippen LogP contribution in [0.2, 0.25) is 0 Å². The lowest BCUT2D eigenvalue weighted by Gasteiger charge is -2.40. The lowest BCUT2D eigenvalue weighted by Crippen LogP contribution is -2.43. The molecule has 1 N–H and O–H groups in total. The molecule has 0 bridgehead atoms. The third kappa shape index (κ3) is 2.44. The summed E-state index contributed by atoms with van der Waals surface area (Å²) in [4.78, 5) is 17.2. The number of aromatic nitrogens is 3. The van der Waals surface area contributed by atoms with Crippen molar-refractivity contribution < 1.29 is 9.53 Å². The lowest BCUT2D eigenvalue weighted by atomic mass is 9.86. The zero-order valence-corrected chi connectivity index (χ0v) is 14.4. The minimum Gasteiger partial charge on any atom is -0.487 e. The van der Waals surface area contributed by atoms with E-state index in [1.54, 1.807) is 16.8 Å². The normalized spacial score (nSPS) is 20.7. The topological polar surface area (TPSA) is 68.5 Å². The second-order valence-corrected chi connectivity index (χ2v) is 7.21. The molecule has 6 heteroatoms. The van der Waals surface area contributed by atoms with Gasteiger partial charge in [-0.05, 0) is 43.9 Å². The van der Waals surface area contributed by atoms with E-state index in [2.05, 4.69) is 15.4 Å². The average Bonchev–Trinajstić information content (AvgIpc) is 3.31.